The van der Waals surface area contributed by atoms with E-state index in [2.05, 4.69) is 79.9 Å². The van der Waals surface area contributed by atoms with Crippen LogP contribution in [0.3, 0.4) is 0 Å². The molecule has 73 heavy (non-hydrogen) atoms. The van der Waals surface area contributed by atoms with E-state index in [-0.39, 0.29) is 18.9 Å². The highest BCUT2D eigenvalue weighted by molar-refractivity contribution is 5.76. The number of carbonyl (C=O) groups is 1. The monoisotopic (exact) mass is 1030 g/mol. The first-order valence-electron chi connectivity index (χ1n) is 28.7. The summed E-state index contributed by atoms with van der Waals surface area (Å²) in [5, 5.41) is 87.0. The van der Waals surface area contributed by atoms with E-state index in [0.29, 0.717) is 12.8 Å². The number of aliphatic hydroxyl groups is 8. The molecule has 2 rings (SSSR count). The molecule has 0 aromatic carbocycles. The molecule has 2 aliphatic heterocycles. The van der Waals surface area contributed by atoms with Gasteiger partial charge in [0, 0.05) is 6.42 Å². The first-order valence-corrected chi connectivity index (χ1v) is 28.7. The van der Waals surface area contributed by atoms with E-state index in [9.17, 15) is 45.6 Å². The van der Waals surface area contributed by atoms with Crippen molar-refractivity contribution in [3.8, 4) is 0 Å². The zero-order valence-electron chi connectivity index (χ0n) is 45.1. The molecule has 0 aromatic heterocycles. The van der Waals surface area contributed by atoms with Crippen molar-refractivity contribution < 1.29 is 64.6 Å². The van der Waals surface area contributed by atoms with Crippen LogP contribution in [0.4, 0.5) is 0 Å². The molecule has 2 fully saturated rings. The number of hydrogen-bond donors (Lipinski definition) is 9. The van der Waals surface area contributed by atoms with Crippen LogP contribution in [0.5, 0.6) is 0 Å². The average Bonchev–Trinajstić information content (AvgIpc) is 3.39. The van der Waals surface area contributed by atoms with Crippen molar-refractivity contribution in [1.29, 1.82) is 0 Å². The lowest BCUT2D eigenvalue weighted by atomic mass is 9.97. The van der Waals surface area contributed by atoms with Gasteiger partial charge in [0.2, 0.25) is 5.91 Å². The van der Waals surface area contributed by atoms with Gasteiger partial charge in [0.1, 0.15) is 48.8 Å². The Morgan fingerprint density at radius 1 is 0.507 bits per heavy atom. The fraction of sp³-hybridized carbons (Fsp3) is 0.780. The Hall–Kier alpha value is -2.57. The van der Waals surface area contributed by atoms with Crippen LogP contribution in [-0.4, -0.2) is 140 Å². The third kappa shape index (κ3) is 30.7. The van der Waals surface area contributed by atoms with Crippen molar-refractivity contribution in [3.05, 3.63) is 72.9 Å². The number of carbonyl (C=O) groups excluding carboxylic acids is 1. The summed E-state index contributed by atoms with van der Waals surface area (Å²) in [4.78, 5) is 13.2. The molecule has 2 heterocycles. The maximum atomic E-state index is 13.2. The Labute approximate surface area is 440 Å². The summed E-state index contributed by atoms with van der Waals surface area (Å²) in [6, 6.07) is -0.937. The molecule has 2 saturated heterocycles. The van der Waals surface area contributed by atoms with Crippen LogP contribution >= 0.6 is 0 Å². The van der Waals surface area contributed by atoms with Gasteiger partial charge in [-0.2, -0.15) is 0 Å². The largest absolute Gasteiger partial charge is 0.394 e. The third-order valence-electron chi connectivity index (χ3n) is 13.6. The highest BCUT2D eigenvalue weighted by Gasteiger charge is 2.51. The second-order valence-electron chi connectivity index (χ2n) is 20.0. The van der Waals surface area contributed by atoms with E-state index in [4.69, 9.17) is 18.9 Å². The molecule has 0 aliphatic carbocycles. The summed E-state index contributed by atoms with van der Waals surface area (Å²) in [6.07, 6.45) is 40.8. The molecule has 0 saturated carbocycles. The number of allylic oxidation sites excluding steroid dienone is 11. The normalized spacial score (nSPS) is 25.9. The molecule has 9 N–H and O–H groups in total. The number of nitrogens with one attached hydrogen (secondary N) is 1. The zero-order valence-corrected chi connectivity index (χ0v) is 45.1. The zero-order chi connectivity index (χ0) is 53.2. The molecule has 12 unspecified atom stereocenters. The Kier molecular flexibility index (Phi) is 40.6. The summed E-state index contributed by atoms with van der Waals surface area (Å²) >= 11 is 0. The van der Waals surface area contributed by atoms with Gasteiger partial charge in [0.15, 0.2) is 12.6 Å². The van der Waals surface area contributed by atoms with Crippen molar-refractivity contribution in [1.82, 2.24) is 5.32 Å². The van der Waals surface area contributed by atoms with Gasteiger partial charge < -0.3 is 65.1 Å². The van der Waals surface area contributed by atoms with Gasteiger partial charge in [-0.1, -0.05) is 196 Å². The Balaban J connectivity index is 1.79. The molecule has 0 radical (unpaired) electrons. The molecule has 2 aliphatic rings. The topological polar surface area (TPSA) is 228 Å². The number of unbranched alkanes of at least 4 members (excludes halogenated alkanes) is 21. The minimum absolute atomic E-state index is 0.257. The quantitative estimate of drug-likeness (QED) is 0.0205. The van der Waals surface area contributed by atoms with Crippen molar-refractivity contribution in [2.24, 2.45) is 0 Å². The molecule has 14 heteroatoms. The van der Waals surface area contributed by atoms with Crippen molar-refractivity contribution in [2.45, 2.75) is 274 Å². The molecular weight excluding hydrogens is 931 g/mol. The lowest BCUT2D eigenvalue weighted by Crippen LogP contribution is -2.65. The van der Waals surface area contributed by atoms with Gasteiger partial charge in [-0.25, -0.2) is 0 Å². The first kappa shape index (κ1) is 66.5. The third-order valence-corrected chi connectivity index (χ3v) is 13.6. The second-order valence-corrected chi connectivity index (χ2v) is 20.0. The standard InChI is InChI=1S/C59H103NO13/c1-3-5-7-9-11-13-15-17-19-21-22-23-24-25-26-27-29-31-33-35-37-39-41-43-51(64)60-47(48(63)42-40-38-36-34-32-30-28-20-18-16-14-12-10-8-6-4-2)46-70-58-56(69)54(67)57(50(45-62)72-58)73-59-55(68)53(66)52(65)49(44-61)71-59/h5,7,11,13,17,19,22-23,32,34,40,42,47-50,52-59,61-63,65-69H,3-4,6,8-10,12,14-16,18,20-21,24-31,33,35-39,41,43-46H2,1-2H3,(H,60,64)/b7-5-,13-11-,19-17-,23-22-,34-32+,42-40+. The maximum absolute atomic E-state index is 13.2. The van der Waals surface area contributed by atoms with Crippen LogP contribution < -0.4 is 5.32 Å². The van der Waals surface area contributed by atoms with Crippen molar-refractivity contribution >= 4 is 5.91 Å². The smallest absolute Gasteiger partial charge is 0.220 e. The van der Waals surface area contributed by atoms with Crippen LogP contribution in [0.1, 0.15) is 200 Å². The number of amides is 1. The van der Waals surface area contributed by atoms with Crippen molar-refractivity contribution in [3.63, 3.8) is 0 Å². The van der Waals surface area contributed by atoms with Crippen LogP contribution in [0.15, 0.2) is 72.9 Å². The number of hydrogen-bond acceptors (Lipinski definition) is 13. The highest BCUT2D eigenvalue weighted by Crippen LogP contribution is 2.30. The lowest BCUT2D eigenvalue weighted by Gasteiger charge is -2.46. The lowest BCUT2D eigenvalue weighted by molar-refractivity contribution is -0.359. The molecule has 1 amide bonds. The molecule has 0 aromatic rings. The fourth-order valence-corrected chi connectivity index (χ4v) is 9.00. The second kappa shape index (κ2) is 44.5. The molecule has 14 nitrogen and oxygen atoms in total. The van der Waals surface area contributed by atoms with Gasteiger partial charge in [-0.15, -0.1) is 0 Å². The number of rotatable bonds is 44. The van der Waals surface area contributed by atoms with Gasteiger partial charge in [-0.3, -0.25) is 4.79 Å². The summed E-state index contributed by atoms with van der Waals surface area (Å²) in [6.45, 7) is 2.65. The predicted octanol–water partition coefficient (Wildman–Crippen LogP) is 9.16. The summed E-state index contributed by atoms with van der Waals surface area (Å²) in [5.41, 5.74) is 0. The number of ether oxygens (including phenoxy) is 4. The van der Waals surface area contributed by atoms with Crippen LogP contribution in [0, 0.1) is 0 Å². The van der Waals surface area contributed by atoms with E-state index in [1.54, 1.807) is 6.08 Å². The van der Waals surface area contributed by atoms with Crippen LogP contribution in [0.25, 0.3) is 0 Å². The van der Waals surface area contributed by atoms with E-state index in [0.717, 1.165) is 64.2 Å². The summed E-state index contributed by atoms with van der Waals surface area (Å²) < 4.78 is 22.7. The molecular formula is C59H103NO13. The minimum Gasteiger partial charge on any atom is -0.394 e. The van der Waals surface area contributed by atoms with Crippen LogP contribution in [0.2, 0.25) is 0 Å². The predicted molar refractivity (Wildman–Crippen MR) is 290 cm³/mol. The highest BCUT2D eigenvalue weighted by atomic mass is 16.7. The number of aliphatic hydroxyl groups excluding tert-OH is 8. The molecule has 12 atom stereocenters. The molecule has 0 bridgehead atoms. The summed E-state index contributed by atoms with van der Waals surface area (Å²) in [7, 11) is 0. The van der Waals surface area contributed by atoms with Gasteiger partial charge in [0.05, 0.1) is 32.0 Å². The van der Waals surface area contributed by atoms with Gasteiger partial charge in [-0.05, 0) is 70.6 Å². The minimum atomic E-state index is -1.79. The molecule has 0 spiro atoms. The van der Waals surface area contributed by atoms with E-state index < -0.39 is 86.8 Å². The fourth-order valence-electron chi connectivity index (χ4n) is 9.00. The van der Waals surface area contributed by atoms with Crippen LogP contribution in [-0.2, 0) is 23.7 Å². The summed E-state index contributed by atoms with van der Waals surface area (Å²) in [5.74, 6) is -0.257. The Morgan fingerprint density at radius 2 is 0.959 bits per heavy atom. The SMILES string of the molecule is CC/C=C\C/C=C\C/C=C\C/C=C\CCCCCCCCCCCCC(=O)NC(COC1OC(CO)C(OC2OC(CO)C(O)C(O)C2O)C(O)C1O)C(O)/C=C/CC/C=C/CCCCCCCCCCCC. The Bertz CT molecular complexity index is 1500. The van der Waals surface area contributed by atoms with Gasteiger partial charge >= 0.3 is 0 Å². The molecule has 422 valence electrons. The maximum Gasteiger partial charge on any atom is 0.220 e. The van der Waals surface area contributed by atoms with Gasteiger partial charge in [0.25, 0.3) is 0 Å². The average molecular weight is 1030 g/mol. The van der Waals surface area contributed by atoms with E-state index in [1.165, 1.54) is 103 Å². The van der Waals surface area contributed by atoms with E-state index >= 15 is 0 Å². The van der Waals surface area contributed by atoms with E-state index in [1.807, 2.05) is 6.08 Å². The van der Waals surface area contributed by atoms with Crippen molar-refractivity contribution in [2.75, 3.05) is 19.8 Å². The first-order chi connectivity index (χ1) is 35.6. The Morgan fingerprint density at radius 3 is 1.51 bits per heavy atom.